The third-order valence-corrected chi connectivity index (χ3v) is 2.36. The first-order valence-corrected chi connectivity index (χ1v) is 5.72. The molecule has 0 aliphatic rings. The van der Waals surface area contributed by atoms with Gasteiger partial charge in [-0.25, -0.2) is 0 Å². The summed E-state index contributed by atoms with van der Waals surface area (Å²) in [5, 5.41) is 11.1. The van der Waals surface area contributed by atoms with Gasteiger partial charge in [0.25, 0.3) is 5.91 Å². The SMILES string of the molecule is CN(C)C(=O)CNC(=O)c1ccc(C#CCO)cc1. The molecule has 0 unspecified atom stereocenters. The van der Waals surface area contributed by atoms with E-state index >= 15 is 0 Å². The Morgan fingerprint density at radius 2 is 1.89 bits per heavy atom. The standard InChI is InChI=1S/C14H16N2O3/c1-16(2)13(18)10-15-14(19)12-7-5-11(6-8-12)4-3-9-17/h5-8,17H,9-10H2,1-2H3,(H,15,19). The van der Waals surface area contributed by atoms with E-state index in [9.17, 15) is 9.59 Å². The smallest absolute Gasteiger partial charge is 0.251 e. The van der Waals surface area contributed by atoms with Gasteiger partial charge in [-0.2, -0.15) is 0 Å². The van der Waals surface area contributed by atoms with Crippen molar-refractivity contribution in [1.29, 1.82) is 0 Å². The van der Waals surface area contributed by atoms with Crippen molar-refractivity contribution in [2.75, 3.05) is 27.2 Å². The predicted molar refractivity (Wildman–Crippen MR) is 71.4 cm³/mol. The van der Waals surface area contributed by atoms with Crippen molar-refractivity contribution in [2.45, 2.75) is 0 Å². The van der Waals surface area contributed by atoms with Crippen LogP contribution in [0.15, 0.2) is 24.3 Å². The van der Waals surface area contributed by atoms with E-state index in [1.807, 2.05) is 0 Å². The molecule has 100 valence electrons. The molecule has 0 spiro atoms. The highest BCUT2D eigenvalue weighted by Crippen LogP contribution is 2.03. The van der Waals surface area contributed by atoms with Gasteiger partial charge in [-0.1, -0.05) is 11.8 Å². The maximum Gasteiger partial charge on any atom is 0.251 e. The van der Waals surface area contributed by atoms with Crippen LogP contribution in [0.3, 0.4) is 0 Å². The van der Waals surface area contributed by atoms with Crippen LogP contribution in [0.5, 0.6) is 0 Å². The Morgan fingerprint density at radius 3 is 2.42 bits per heavy atom. The fourth-order valence-electron chi connectivity index (χ4n) is 1.26. The van der Waals surface area contributed by atoms with Gasteiger partial charge in [0.2, 0.25) is 5.91 Å². The molecule has 0 bridgehead atoms. The summed E-state index contributed by atoms with van der Waals surface area (Å²) in [4.78, 5) is 24.5. The van der Waals surface area contributed by atoms with Gasteiger partial charge in [-0.05, 0) is 24.3 Å². The van der Waals surface area contributed by atoms with Gasteiger partial charge in [0, 0.05) is 25.2 Å². The molecular weight excluding hydrogens is 244 g/mol. The van der Waals surface area contributed by atoms with Crippen LogP contribution in [0.2, 0.25) is 0 Å². The number of hydrogen-bond donors (Lipinski definition) is 2. The summed E-state index contributed by atoms with van der Waals surface area (Å²) in [7, 11) is 3.26. The Hall–Kier alpha value is -2.32. The number of likely N-dealkylation sites (N-methyl/N-ethyl adjacent to an activating group) is 1. The summed E-state index contributed by atoms with van der Waals surface area (Å²) in [5.74, 6) is 4.78. The maximum atomic E-state index is 11.7. The zero-order chi connectivity index (χ0) is 14.3. The zero-order valence-electron chi connectivity index (χ0n) is 10.9. The second kappa shape index (κ2) is 7.19. The molecule has 0 fully saturated rings. The van der Waals surface area contributed by atoms with Gasteiger partial charge in [0.1, 0.15) is 6.61 Å². The van der Waals surface area contributed by atoms with E-state index in [4.69, 9.17) is 5.11 Å². The lowest BCUT2D eigenvalue weighted by molar-refractivity contribution is -0.127. The highest BCUT2D eigenvalue weighted by Gasteiger charge is 2.08. The fourth-order valence-corrected chi connectivity index (χ4v) is 1.26. The van der Waals surface area contributed by atoms with E-state index in [1.165, 1.54) is 4.90 Å². The molecule has 0 saturated carbocycles. The van der Waals surface area contributed by atoms with E-state index in [0.29, 0.717) is 5.56 Å². The first-order chi connectivity index (χ1) is 9.04. The van der Waals surface area contributed by atoms with Gasteiger partial charge in [-0.3, -0.25) is 9.59 Å². The highest BCUT2D eigenvalue weighted by atomic mass is 16.2. The molecule has 0 aliphatic carbocycles. The van der Waals surface area contributed by atoms with Gasteiger partial charge in [0.15, 0.2) is 0 Å². The average molecular weight is 260 g/mol. The summed E-state index contributed by atoms with van der Waals surface area (Å²) in [6.07, 6.45) is 0. The molecule has 0 heterocycles. The van der Waals surface area contributed by atoms with Gasteiger partial charge in [-0.15, -0.1) is 0 Å². The number of benzene rings is 1. The third kappa shape index (κ3) is 4.82. The number of carbonyl (C=O) groups excluding carboxylic acids is 2. The fraction of sp³-hybridized carbons (Fsp3) is 0.286. The van der Waals surface area contributed by atoms with Gasteiger partial charge in [0.05, 0.1) is 6.54 Å². The van der Waals surface area contributed by atoms with Crippen molar-refractivity contribution in [1.82, 2.24) is 10.2 Å². The summed E-state index contributed by atoms with van der Waals surface area (Å²) >= 11 is 0. The second-order valence-electron chi connectivity index (χ2n) is 4.01. The van der Waals surface area contributed by atoms with Crippen molar-refractivity contribution < 1.29 is 14.7 Å². The zero-order valence-corrected chi connectivity index (χ0v) is 10.9. The summed E-state index contributed by atoms with van der Waals surface area (Å²) in [6, 6.07) is 6.62. The molecule has 0 atom stereocenters. The van der Waals surface area contributed by atoms with Crippen LogP contribution < -0.4 is 5.32 Å². The molecule has 0 radical (unpaired) electrons. The monoisotopic (exact) mass is 260 g/mol. The Labute approximate surface area is 112 Å². The van der Waals surface area contributed by atoms with E-state index in [-0.39, 0.29) is 25.0 Å². The number of hydrogen-bond acceptors (Lipinski definition) is 3. The number of amides is 2. The average Bonchev–Trinajstić information content (AvgIpc) is 2.42. The molecule has 1 aromatic rings. The van der Waals surface area contributed by atoms with Crippen molar-refractivity contribution in [3.8, 4) is 11.8 Å². The van der Waals surface area contributed by atoms with Crippen LogP contribution in [0.1, 0.15) is 15.9 Å². The van der Waals surface area contributed by atoms with Gasteiger partial charge >= 0.3 is 0 Å². The normalized spacial score (nSPS) is 9.21. The van der Waals surface area contributed by atoms with Crippen molar-refractivity contribution >= 4 is 11.8 Å². The Balaban J connectivity index is 2.60. The predicted octanol–water partition coefficient (Wildman–Crippen LogP) is -0.152. The number of aliphatic hydroxyl groups excluding tert-OH is 1. The number of carbonyl (C=O) groups is 2. The molecule has 5 nitrogen and oxygen atoms in total. The molecule has 2 amide bonds. The van der Waals surface area contributed by atoms with Crippen LogP contribution in [0, 0.1) is 11.8 Å². The molecule has 0 aliphatic heterocycles. The second-order valence-corrected chi connectivity index (χ2v) is 4.01. The minimum atomic E-state index is -0.308. The van der Waals surface area contributed by atoms with Crippen LogP contribution in [-0.2, 0) is 4.79 Å². The first-order valence-electron chi connectivity index (χ1n) is 5.72. The molecule has 0 aromatic heterocycles. The topological polar surface area (TPSA) is 69.6 Å². The van der Waals surface area contributed by atoms with E-state index < -0.39 is 0 Å². The van der Waals surface area contributed by atoms with Crippen molar-refractivity contribution in [3.05, 3.63) is 35.4 Å². The first kappa shape index (κ1) is 14.7. The highest BCUT2D eigenvalue weighted by molar-refractivity contribution is 5.96. The minimum absolute atomic E-state index is 0.0299. The number of nitrogens with zero attached hydrogens (tertiary/aromatic N) is 1. The Kier molecular flexibility index (Phi) is 5.58. The lowest BCUT2D eigenvalue weighted by atomic mass is 10.1. The van der Waals surface area contributed by atoms with Crippen LogP contribution >= 0.6 is 0 Å². The quantitative estimate of drug-likeness (QED) is 0.742. The number of rotatable bonds is 3. The number of aliphatic hydroxyl groups is 1. The molecule has 0 saturated heterocycles. The van der Waals surface area contributed by atoms with Crippen molar-refractivity contribution in [3.63, 3.8) is 0 Å². The molecular formula is C14H16N2O3. The van der Waals surface area contributed by atoms with Crippen LogP contribution in [0.4, 0.5) is 0 Å². The van der Waals surface area contributed by atoms with E-state index in [0.717, 1.165) is 5.56 Å². The molecule has 19 heavy (non-hydrogen) atoms. The Morgan fingerprint density at radius 1 is 1.26 bits per heavy atom. The molecule has 1 aromatic carbocycles. The largest absolute Gasteiger partial charge is 0.384 e. The van der Waals surface area contributed by atoms with E-state index in [2.05, 4.69) is 17.2 Å². The van der Waals surface area contributed by atoms with E-state index in [1.54, 1.807) is 38.4 Å². The maximum absolute atomic E-state index is 11.7. The molecule has 2 N–H and O–H groups in total. The van der Waals surface area contributed by atoms with Crippen LogP contribution in [-0.4, -0.2) is 49.1 Å². The third-order valence-electron chi connectivity index (χ3n) is 2.36. The lowest BCUT2D eigenvalue weighted by Crippen LogP contribution is -2.36. The van der Waals surface area contributed by atoms with Gasteiger partial charge < -0.3 is 15.3 Å². The van der Waals surface area contributed by atoms with Crippen LogP contribution in [0.25, 0.3) is 0 Å². The minimum Gasteiger partial charge on any atom is -0.384 e. The number of nitrogens with one attached hydrogen (secondary N) is 1. The molecule has 1 rings (SSSR count). The summed E-state index contributed by atoms with van der Waals surface area (Å²) < 4.78 is 0. The molecule has 5 heteroatoms. The Bertz CT molecular complexity index is 510. The van der Waals surface area contributed by atoms with Crippen molar-refractivity contribution in [2.24, 2.45) is 0 Å². The summed E-state index contributed by atoms with van der Waals surface area (Å²) in [5.41, 5.74) is 1.18. The lowest BCUT2D eigenvalue weighted by Gasteiger charge is -2.10. The summed E-state index contributed by atoms with van der Waals surface area (Å²) in [6.45, 7) is -0.229.